The molecule has 21 heavy (non-hydrogen) atoms. The highest BCUT2D eigenvalue weighted by atomic mass is 16.4. The third kappa shape index (κ3) is 2.91. The van der Waals surface area contributed by atoms with Gasteiger partial charge in [-0.1, -0.05) is 24.3 Å². The largest absolute Gasteiger partial charge is 0.478 e. The van der Waals surface area contributed by atoms with Crippen molar-refractivity contribution in [2.45, 2.75) is 5.66 Å². The van der Waals surface area contributed by atoms with Gasteiger partial charge in [0.05, 0.1) is 11.1 Å². The van der Waals surface area contributed by atoms with E-state index >= 15 is 0 Å². The fourth-order valence-corrected chi connectivity index (χ4v) is 1.94. The monoisotopic (exact) mass is 286 g/mol. The Kier molecular flexibility index (Phi) is 3.75. The number of hydrogen-bond donors (Lipinski definition) is 4. The van der Waals surface area contributed by atoms with Crippen molar-refractivity contribution in [3.8, 4) is 0 Å². The Balaban J connectivity index is 2.36. The summed E-state index contributed by atoms with van der Waals surface area (Å²) in [6.45, 7) is 0. The molecule has 2 aromatic carbocycles. The summed E-state index contributed by atoms with van der Waals surface area (Å²) in [7, 11) is 0. The van der Waals surface area contributed by atoms with Crippen LogP contribution in [0.3, 0.4) is 0 Å². The summed E-state index contributed by atoms with van der Waals surface area (Å²) in [6, 6.07) is 11.8. The van der Waals surface area contributed by atoms with Crippen LogP contribution < -0.4 is 11.5 Å². The first-order valence-electron chi connectivity index (χ1n) is 6.08. The van der Waals surface area contributed by atoms with Crippen molar-refractivity contribution in [2.24, 2.45) is 11.5 Å². The Hall–Kier alpha value is -2.70. The molecule has 6 nitrogen and oxygen atoms in total. The average Bonchev–Trinajstić information content (AvgIpc) is 2.47. The SMILES string of the molecule is NC(N)(c1ccc(C(=O)O)cc1)c1ccc(C(=O)O)cc1. The van der Waals surface area contributed by atoms with Gasteiger partial charge >= 0.3 is 11.9 Å². The highest BCUT2D eigenvalue weighted by Crippen LogP contribution is 2.22. The molecule has 0 aliphatic heterocycles. The van der Waals surface area contributed by atoms with E-state index in [9.17, 15) is 9.59 Å². The van der Waals surface area contributed by atoms with Crippen LogP contribution in [0.25, 0.3) is 0 Å². The number of carboxylic acid groups (broad SMARTS) is 2. The van der Waals surface area contributed by atoms with Crippen LogP contribution in [-0.4, -0.2) is 22.2 Å². The molecule has 0 aromatic heterocycles. The van der Waals surface area contributed by atoms with E-state index in [0.29, 0.717) is 11.1 Å². The molecule has 0 unspecified atom stereocenters. The Morgan fingerprint density at radius 3 is 1.24 bits per heavy atom. The molecule has 0 radical (unpaired) electrons. The maximum Gasteiger partial charge on any atom is 0.335 e. The minimum Gasteiger partial charge on any atom is -0.478 e. The van der Waals surface area contributed by atoms with Crippen molar-refractivity contribution in [3.05, 3.63) is 70.8 Å². The van der Waals surface area contributed by atoms with Crippen LogP contribution in [0.15, 0.2) is 48.5 Å². The maximum absolute atomic E-state index is 10.8. The van der Waals surface area contributed by atoms with E-state index in [1.807, 2.05) is 0 Å². The molecule has 108 valence electrons. The van der Waals surface area contributed by atoms with Crippen LogP contribution in [0.4, 0.5) is 0 Å². The second-order valence-electron chi connectivity index (χ2n) is 4.63. The molecule has 2 rings (SSSR count). The van der Waals surface area contributed by atoms with E-state index < -0.39 is 17.6 Å². The number of carboxylic acids is 2. The van der Waals surface area contributed by atoms with Crippen molar-refractivity contribution >= 4 is 11.9 Å². The molecule has 0 saturated heterocycles. The molecule has 6 heteroatoms. The molecule has 0 aliphatic carbocycles. The molecule has 0 amide bonds. The average molecular weight is 286 g/mol. The number of aromatic carboxylic acids is 2. The molecule has 0 bridgehead atoms. The number of benzene rings is 2. The third-order valence-electron chi connectivity index (χ3n) is 3.22. The van der Waals surface area contributed by atoms with Gasteiger partial charge in [0.1, 0.15) is 5.66 Å². The van der Waals surface area contributed by atoms with Gasteiger partial charge in [-0.15, -0.1) is 0 Å². The molecule has 0 saturated carbocycles. The Bertz CT molecular complexity index is 616. The van der Waals surface area contributed by atoms with Gasteiger partial charge in [-0.3, -0.25) is 0 Å². The van der Waals surface area contributed by atoms with Crippen LogP contribution >= 0.6 is 0 Å². The first-order valence-corrected chi connectivity index (χ1v) is 6.08. The predicted molar refractivity (Wildman–Crippen MR) is 76.0 cm³/mol. The number of rotatable bonds is 4. The first-order chi connectivity index (χ1) is 9.82. The van der Waals surface area contributed by atoms with Crippen LogP contribution in [0, 0.1) is 0 Å². The standard InChI is InChI=1S/C15H14N2O4/c16-15(17,11-5-1-9(2-6-11)13(18)19)12-7-3-10(4-8-12)14(20)21/h1-8H,16-17H2,(H,18,19)(H,20,21). The van der Waals surface area contributed by atoms with Gasteiger partial charge in [0.2, 0.25) is 0 Å². The smallest absolute Gasteiger partial charge is 0.335 e. The fourth-order valence-electron chi connectivity index (χ4n) is 1.94. The second kappa shape index (κ2) is 5.35. The summed E-state index contributed by atoms with van der Waals surface area (Å²) < 4.78 is 0. The summed E-state index contributed by atoms with van der Waals surface area (Å²) in [5.41, 5.74) is 12.2. The lowest BCUT2D eigenvalue weighted by Crippen LogP contribution is -2.47. The van der Waals surface area contributed by atoms with Crippen molar-refractivity contribution in [1.82, 2.24) is 0 Å². The van der Waals surface area contributed by atoms with Gasteiger partial charge in [-0.05, 0) is 35.4 Å². The van der Waals surface area contributed by atoms with Crippen LogP contribution in [-0.2, 0) is 5.66 Å². The van der Waals surface area contributed by atoms with Gasteiger partial charge in [-0.25, -0.2) is 9.59 Å². The van der Waals surface area contributed by atoms with Crippen molar-refractivity contribution in [3.63, 3.8) is 0 Å². The van der Waals surface area contributed by atoms with Gasteiger partial charge < -0.3 is 21.7 Å². The number of hydrogen-bond acceptors (Lipinski definition) is 4. The lowest BCUT2D eigenvalue weighted by atomic mass is 9.91. The quantitative estimate of drug-likeness (QED) is 0.625. The van der Waals surface area contributed by atoms with Gasteiger partial charge in [0.15, 0.2) is 0 Å². The number of nitrogens with two attached hydrogens (primary N) is 2. The summed E-state index contributed by atoms with van der Waals surface area (Å²) >= 11 is 0. The molecule has 0 spiro atoms. The van der Waals surface area contributed by atoms with E-state index in [1.165, 1.54) is 48.5 Å². The molecule has 6 N–H and O–H groups in total. The molecule has 0 heterocycles. The summed E-state index contributed by atoms with van der Waals surface area (Å²) in [6.07, 6.45) is 0. The van der Waals surface area contributed by atoms with Crippen molar-refractivity contribution in [2.75, 3.05) is 0 Å². The van der Waals surface area contributed by atoms with Crippen LogP contribution in [0.2, 0.25) is 0 Å². The van der Waals surface area contributed by atoms with Gasteiger partial charge in [-0.2, -0.15) is 0 Å². The minimum absolute atomic E-state index is 0.135. The molecule has 0 fully saturated rings. The summed E-state index contributed by atoms with van der Waals surface area (Å²) in [5, 5.41) is 17.7. The van der Waals surface area contributed by atoms with E-state index in [4.69, 9.17) is 21.7 Å². The van der Waals surface area contributed by atoms with Gasteiger partial charge in [0.25, 0.3) is 0 Å². The summed E-state index contributed by atoms with van der Waals surface area (Å²) in [5.74, 6) is -2.07. The van der Waals surface area contributed by atoms with Crippen molar-refractivity contribution < 1.29 is 19.8 Å². The van der Waals surface area contributed by atoms with E-state index in [2.05, 4.69) is 0 Å². The topological polar surface area (TPSA) is 127 Å². The molecular weight excluding hydrogens is 272 g/mol. The summed E-state index contributed by atoms with van der Waals surface area (Å²) in [4.78, 5) is 21.6. The highest BCUT2D eigenvalue weighted by Gasteiger charge is 2.24. The third-order valence-corrected chi connectivity index (χ3v) is 3.22. The maximum atomic E-state index is 10.8. The van der Waals surface area contributed by atoms with Crippen molar-refractivity contribution in [1.29, 1.82) is 0 Å². The highest BCUT2D eigenvalue weighted by molar-refractivity contribution is 5.88. The molecule has 0 atom stereocenters. The van der Waals surface area contributed by atoms with E-state index in [1.54, 1.807) is 0 Å². The predicted octanol–water partition coefficient (Wildman–Crippen LogP) is 1.20. The van der Waals surface area contributed by atoms with E-state index in [0.717, 1.165) is 0 Å². The van der Waals surface area contributed by atoms with E-state index in [-0.39, 0.29) is 11.1 Å². The lowest BCUT2D eigenvalue weighted by Gasteiger charge is -2.26. The Morgan fingerprint density at radius 2 is 1.00 bits per heavy atom. The first kappa shape index (κ1) is 14.7. The molecule has 2 aromatic rings. The molecular formula is C15H14N2O4. The molecule has 0 aliphatic rings. The normalized spacial score (nSPS) is 11.1. The lowest BCUT2D eigenvalue weighted by molar-refractivity contribution is 0.0686. The Labute approximate surface area is 120 Å². The second-order valence-corrected chi connectivity index (χ2v) is 4.63. The zero-order chi connectivity index (χ0) is 15.6. The fraction of sp³-hybridized carbons (Fsp3) is 0.0667. The minimum atomic E-state index is -1.34. The van der Waals surface area contributed by atoms with Crippen LogP contribution in [0.5, 0.6) is 0 Å². The van der Waals surface area contributed by atoms with Crippen LogP contribution in [0.1, 0.15) is 31.8 Å². The number of carbonyl (C=O) groups is 2. The van der Waals surface area contributed by atoms with Gasteiger partial charge in [0, 0.05) is 0 Å². The Morgan fingerprint density at radius 1 is 0.714 bits per heavy atom. The zero-order valence-electron chi connectivity index (χ0n) is 11.0. The zero-order valence-corrected chi connectivity index (χ0v) is 11.0.